The summed E-state index contributed by atoms with van der Waals surface area (Å²) in [6, 6.07) is 8.73. The van der Waals surface area contributed by atoms with Crippen LogP contribution in [0.2, 0.25) is 0 Å². The lowest BCUT2D eigenvalue weighted by atomic mass is 10.2. The fourth-order valence-corrected chi connectivity index (χ4v) is 1.15. The van der Waals surface area contributed by atoms with Crippen LogP contribution in [0.25, 0.3) is 11.4 Å². The van der Waals surface area contributed by atoms with Gasteiger partial charge < -0.3 is 0 Å². The molecular formula is C10H9N3O. The van der Waals surface area contributed by atoms with Gasteiger partial charge in [-0.3, -0.25) is 9.78 Å². The summed E-state index contributed by atoms with van der Waals surface area (Å²) in [5, 5.41) is 4.08. The summed E-state index contributed by atoms with van der Waals surface area (Å²) < 4.78 is 1.30. The summed E-state index contributed by atoms with van der Waals surface area (Å²) in [7, 11) is 1.62. The van der Waals surface area contributed by atoms with Crippen molar-refractivity contribution in [2.24, 2.45) is 7.05 Å². The zero-order chi connectivity index (χ0) is 9.97. The number of nitrogens with zero attached hydrogens (tertiary/aromatic N) is 3. The molecule has 2 rings (SSSR count). The van der Waals surface area contributed by atoms with Crippen LogP contribution in [-0.4, -0.2) is 14.8 Å². The maximum Gasteiger partial charge on any atom is 0.266 e. The molecule has 0 unspecified atom stereocenters. The van der Waals surface area contributed by atoms with Gasteiger partial charge in [0.1, 0.15) is 5.69 Å². The molecule has 0 radical (unpaired) electrons. The molecule has 0 saturated heterocycles. The van der Waals surface area contributed by atoms with Crippen LogP contribution in [0, 0.1) is 0 Å². The minimum absolute atomic E-state index is 0.121. The van der Waals surface area contributed by atoms with Gasteiger partial charge in [-0.2, -0.15) is 5.10 Å². The fraction of sp³-hybridized carbons (Fsp3) is 0.100. The van der Waals surface area contributed by atoms with Gasteiger partial charge in [0.15, 0.2) is 0 Å². The second kappa shape index (κ2) is 3.41. The summed E-state index contributed by atoms with van der Waals surface area (Å²) >= 11 is 0. The quantitative estimate of drug-likeness (QED) is 0.664. The average molecular weight is 187 g/mol. The SMILES string of the molecule is Cn1nc(-c2ccccn2)ccc1=O. The molecule has 0 aliphatic carbocycles. The molecule has 0 atom stereocenters. The fourth-order valence-electron chi connectivity index (χ4n) is 1.15. The third-order valence-corrected chi connectivity index (χ3v) is 1.89. The van der Waals surface area contributed by atoms with Gasteiger partial charge in [0.25, 0.3) is 5.56 Å². The van der Waals surface area contributed by atoms with Gasteiger partial charge in [-0.05, 0) is 18.2 Å². The Balaban J connectivity index is 2.54. The van der Waals surface area contributed by atoms with E-state index in [9.17, 15) is 4.79 Å². The Morgan fingerprint density at radius 1 is 1.14 bits per heavy atom. The van der Waals surface area contributed by atoms with Crippen molar-refractivity contribution in [2.45, 2.75) is 0 Å². The minimum Gasteiger partial charge on any atom is -0.268 e. The van der Waals surface area contributed by atoms with E-state index >= 15 is 0 Å². The van der Waals surface area contributed by atoms with Crippen LogP contribution in [0.15, 0.2) is 41.3 Å². The van der Waals surface area contributed by atoms with Crippen molar-refractivity contribution < 1.29 is 0 Å². The largest absolute Gasteiger partial charge is 0.268 e. The van der Waals surface area contributed by atoms with E-state index in [0.29, 0.717) is 5.69 Å². The van der Waals surface area contributed by atoms with E-state index in [1.54, 1.807) is 19.3 Å². The molecule has 70 valence electrons. The van der Waals surface area contributed by atoms with E-state index in [-0.39, 0.29) is 5.56 Å². The van der Waals surface area contributed by atoms with Crippen LogP contribution >= 0.6 is 0 Å². The number of aromatic nitrogens is 3. The van der Waals surface area contributed by atoms with Gasteiger partial charge in [-0.1, -0.05) is 6.07 Å². The predicted octanol–water partition coefficient (Wildman–Crippen LogP) is 0.842. The highest BCUT2D eigenvalue weighted by molar-refractivity contribution is 5.52. The Bertz CT molecular complexity index is 490. The minimum atomic E-state index is -0.121. The molecule has 0 aromatic carbocycles. The third-order valence-electron chi connectivity index (χ3n) is 1.89. The molecule has 0 spiro atoms. The topological polar surface area (TPSA) is 47.8 Å². The molecule has 2 aromatic heterocycles. The van der Waals surface area contributed by atoms with E-state index in [1.165, 1.54) is 10.7 Å². The molecule has 0 saturated carbocycles. The first kappa shape index (κ1) is 8.62. The van der Waals surface area contributed by atoms with Gasteiger partial charge in [-0.25, -0.2) is 4.68 Å². The first-order valence-corrected chi connectivity index (χ1v) is 4.23. The molecule has 0 amide bonds. The number of rotatable bonds is 1. The average Bonchev–Trinajstić information content (AvgIpc) is 2.23. The molecule has 0 fully saturated rings. The summed E-state index contributed by atoms with van der Waals surface area (Å²) in [5.74, 6) is 0. The monoisotopic (exact) mass is 187 g/mol. The molecule has 4 heteroatoms. The van der Waals surface area contributed by atoms with Gasteiger partial charge in [-0.15, -0.1) is 0 Å². The van der Waals surface area contributed by atoms with Crippen molar-refractivity contribution in [1.82, 2.24) is 14.8 Å². The lowest BCUT2D eigenvalue weighted by Gasteiger charge is -2.00. The smallest absolute Gasteiger partial charge is 0.266 e. The molecule has 0 N–H and O–H groups in total. The normalized spacial score (nSPS) is 10.1. The molecule has 2 aromatic rings. The molecule has 2 heterocycles. The van der Waals surface area contributed by atoms with Gasteiger partial charge in [0.05, 0.1) is 5.69 Å². The highest BCUT2D eigenvalue weighted by Gasteiger charge is 2.00. The lowest BCUT2D eigenvalue weighted by Crippen LogP contribution is -2.18. The van der Waals surface area contributed by atoms with E-state index in [0.717, 1.165) is 5.69 Å². The van der Waals surface area contributed by atoms with Crippen LogP contribution in [0.1, 0.15) is 0 Å². The van der Waals surface area contributed by atoms with Crippen molar-refractivity contribution in [3.63, 3.8) is 0 Å². The Hall–Kier alpha value is -1.97. The zero-order valence-electron chi connectivity index (χ0n) is 7.71. The van der Waals surface area contributed by atoms with E-state index in [2.05, 4.69) is 10.1 Å². The first-order valence-electron chi connectivity index (χ1n) is 4.23. The molecule has 0 aliphatic heterocycles. The standard InChI is InChI=1S/C10H9N3O/c1-13-10(14)6-5-9(12-13)8-4-2-3-7-11-8/h2-7H,1H3. The third kappa shape index (κ3) is 1.54. The van der Waals surface area contributed by atoms with Crippen molar-refractivity contribution >= 4 is 0 Å². The summed E-state index contributed by atoms with van der Waals surface area (Å²) in [4.78, 5) is 15.2. The highest BCUT2D eigenvalue weighted by Crippen LogP contribution is 2.09. The van der Waals surface area contributed by atoms with Crippen molar-refractivity contribution in [2.75, 3.05) is 0 Å². The lowest BCUT2D eigenvalue weighted by molar-refractivity contribution is 0.711. The van der Waals surface area contributed by atoms with Crippen molar-refractivity contribution in [1.29, 1.82) is 0 Å². The first-order chi connectivity index (χ1) is 6.77. The molecule has 0 aliphatic rings. The molecule has 4 nitrogen and oxygen atoms in total. The maximum atomic E-state index is 11.1. The number of aryl methyl sites for hydroxylation is 1. The van der Waals surface area contributed by atoms with E-state index in [4.69, 9.17) is 0 Å². The number of hydrogen-bond acceptors (Lipinski definition) is 3. The zero-order valence-corrected chi connectivity index (χ0v) is 7.71. The Morgan fingerprint density at radius 3 is 2.64 bits per heavy atom. The van der Waals surface area contributed by atoms with Crippen LogP contribution in [0.5, 0.6) is 0 Å². The highest BCUT2D eigenvalue weighted by atomic mass is 16.1. The molecular weight excluding hydrogens is 178 g/mol. The Labute approximate surface area is 80.9 Å². The molecule has 0 bridgehead atoms. The van der Waals surface area contributed by atoms with Crippen molar-refractivity contribution in [3.8, 4) is 11.4 Å². The van der Waals surface area contributed by atoms with E-state index in [1.807, 2.05) is 18.2 Å². The summed E-state index contributed by atoms with van der Waals surface area (Å²) in [6.07, 6.45) is 1.70. The van der Waals surface area contributed by atoms with Crippen molar-refractivity contribution in [3.05, 3.63) is 46.9 Å². The van der Waals surface area contributed by atoms with Crippen LogP contribution in [0.3, 0.4) is 0 Å². The maximum absolute atomic E-state index is 11.1. The number of hydrogen-bond donors (Lipinski definition) is 0. The second-order valence-electron chi connectivity index (χ2n) is 2.90. The Morgan fingerprint density at radius 2 is 2.00 bits per heavy atom. The predicted molar refractivity (Wildman–Crippen MR) is 52.7 cm³/mol. The second-order valence-corrected chi connectivity index (χ2v) is 2.90. The van der Waals surface area contributed by atoms with E-state index < -0.39 is 0 Å². The molecule has 14 heavy (non-hydrogen) atoms. The van der Waals surface area contributed by atoms with Crippen LogP contribution in [0.4, 0.5) is 0 Å². The van der Waals surface area contributed by atoms with Gasteiger partial charge >= 0.3 is 0 Å². The van der Waals surface area contributed by atoms with Gasteiger partial charge in [0, 0.05) is 19.3 Å². The Kier molecular flexibility index (Phi) is 2.10. The van der Waals surface area contributed by atoms with Crippen LogP contribution in [-0.2, 0) is 7.05 Å². The van der Waals surface area contributed by atoms with Gasteiger partial charge in [0.2, 0.25) is 0 Å². The van der Waals surface area contributed by atoms with Crippen LogP contribution < -0.4 is 5.56 Å². The summed E-state index contributed by atoms with van der Waals surface area (Å²) in [5.41, 5.74) is 1.35. The number of pyridine rings is 1. The summed E-state index contributed by atoms with van der Waals surface area (Å²) in [6.45, 7) is 0.